The first-order valence-corrected chi connectivity index (χ1v) is 10.8. The number of fused-ring (bicyclic) bond motifs is 1. The van der Waals surface area contributed by atoms with Gasteiger partial charge in [-0.05, 0) is 74.7 Å². The third-order valence-electron chi connectivity index (χ3n) is 5.91. The van der Waals surface area contributed by atoms with Crippen LogP contribution in [-0.2, 0) is 11.2 Å². The van der Waals surface area contributed by atoms with Crippen LogP contribution in [0.15, 0.2) is 42.5 Å². The van der Waals surface area contributed by atoms with E-state index < -0.39 is 0 Å². The number of aromatic nitrogens is 2. The third-order valence-corrected chi connectivity index (χ3v) is 5.91. The van der Waals surface area contributed by atoms with Crippen LogP contribution in [0.5, 0.6) is 5.75 Å². The highest BCUT2D eigenvalue weighted by Gasteiger charge is 2.27. The lowest BCUT2D eigenvalue weighted by molar-refractivity contribution is -0.134. The number of nitrogens with zero attached hydrogens (tertiary/aromatic N) is 3. The Kier molecular flexibility index (Phi) is 6.08. The van der Waals surface area contributed by atoms with Crippen LogP contribution in [0.3, 0.4) is 0 Å². The summed E-state index contributed by atoms with van der Waals surface area (Å²) in [5, 5.41) is 3.18. The lowest BCUT2D eigenvalue weighted by Crippen LogP contribution is -2.35. The maximum absolute atomic E-state index is 13.2. The van der Waals surface area contributed by atoms with Crippen LogP contribution in [0.4, 0.5) is 21.8 Å². The van der Waals surface area contributed by atoms with Gasteiger partial charge in [0.1, 0.15) is 17.4 Å². The van der Waals surface area contributed by atoms with Crippen LogP contribution < -0.4 is 15.0 Å². The SMILES string of the molecule is CCC(=O)Oc1ccc2c(c1)C(C)N(c1nc(Nc3ccc(F)cc3)nc(C)c1C)CC2. The summed E-state index contributed by atoms with van der Waals surface area (Å²) >= 11 is 0. The molecule has 166 valence electrons. The third kappa shape index (κ3) is 4.42. The van der Waals surface area contributed by atoms with Crippen molar-refractivity contribution >= 4 is 23.4 Å². The molecule has 0 saturated carbocycles. The molecule has 0 spiro atoms. The molecule has 0 radical (unpaired) electrons. The highest BCUT2D eigenvalue weighted by molar-refractivity contribution is 5.72. The maximum Gasteiger partial charge on any atom is 0.310 e. The van der Waals surface area contributed by atoms with Gasteiger partial charge < -0.3 is 15.0 Å². The highest BCUT2D eigenvalue weighted by atomic mass is 19.1. The molecule has 0 saturated heterocycles. The molecule has 2 heterocycles. The van der Waals surface area contributed by atoms with Crippen LogP contribution >= 0.6 is 0 Å². The van der Waals surface area contributed by atoms with Crippen molar-refractivity contribution in [1.29, 1.82) is 0 Å². The largest absolute Gasteiger partial charge is 0.427 e. The van der Waals surface area contributed by atoms with Crippen molar-refractivity contribution in [2.24, 2.45) is 0 Å². The van der Waals surface area contributed by atoms with Crippen molar-refractivity contribution in [1.82, 2.24) is 9.97 Å². The molecule has 0 amide bonds. The van der Waals surface area contributed by atoms with Crippen molar-refractivity contribution in [2.75, 3.05) is 16.8 Å². The van der Waals surface area contributed by atoms with E-state index in [0.29, 0.717) is 18.1 Å². The van der Waals surface area contributed by atoms with Gasteiger partial charge >= 0.3 is 5.97 Å². The number of ether oxygens (including phenoxy) is 1. The van der Waals surface area contributed by atoms with Crippen molar-refractivity contribution in [3.8, 4) is 5.75 Å². The number of carbonyl (C=O) groups excluding carboxylic acids is 1. The van der Waals surface area contributed by atoms with Crippen molar-refractivity contribution in [2.45, 2.75) is 46.6 Å². The monoisotopic (exact) mass is 434 g/mol. The molecule has 7 heteroatoms. The summed E-state index contributed by atoms with van der Waals surface area (Å²) in [4.78, 5) is 23.4. The van der Waals surface area contributed by atoms with Crippen LogP contribution in [0.2, 0.25) is 0 Å². The van der Waals surface area contributed by atoms with Crippen molar-refractivity contribution < 1.29 is 13.9 Å². The number of carbonyl (C=O) groups is 1. The second-order valence-corrected chi connectivity index (χ2v) is 8.02. The number of esters is 1. The summed E-state index contributed by atoms with van der Waals surface area (Å²) in [5.41, 5.74) is 4.99. The molecule has 32 heavy (non-hydrogen) atoms. The van der Waals surface area contributed by atoms with E-state index in [-0.39, 0.29) is 17.8 Å². The lowest BCUT2D eigenvalue weighted by atomic mass is 9.93. The van der Waals surface area contributed by atoms with E-state index >= 15 is 0 Å². The molecule has 4 rings (SSSR count). The summed E-state index contributed by atoms with van der Waals surface area (Å²) < 4.78 is 18.7. The van der Waals surface area contributed by atoms with Crippen LogP contribution in [0, 0.1) is 19.7 Å². The predicted octanol–water partition coefficient (Wildman–Crippen LogP) is 5.42. The fraction of sp³-hybridized carbons (Fsp3) is 0.320. The molecule has 0 fully saturated rings. The quantitative estimate of drug-likeness (QED) is 0.428. The van der Waals surface area contributed by atoms with Gasteiger partial charge in [0, 0.05) is 29.9 Å². The fourth-order valence-electron chi connectivity index (χ4n) is 3.96. The van der Waals surface area contributed by atoms with Gasteiger partial charge in [-0.3, -0.25) is 4.79 Å². The van der Waals surface area contributed by atoms with Gasteiger partial charge in [0.15, 0.2) is 0 Å². The molecule has 3 aromatic rings. The minimum absolute atomic E-state index is 0.0469. The number of halogens is 1. The Bertz CT molecular complexity index is 1150. The summed E-state index contributed by atoms with van der Waals surface area (Å²) in [7, 11) is 0. The Morgan fingerprint density at radius 3 is 2.66 bits per heavy atom. The van der Waals surface area contributed by atoms with Crippen LogP contribution in [-0.4, -0.2) is 22.5 Å². The molecular formula is C25H27FN4O2. The molecule has 1 aliphatic heterocycles. The van der Waals surface area contributed by atoms with Crippen LogP contribution in [0.1, 0.15) is 48.7 Å². The van der Waals surface area contributed by atoms with Gasteiger partial charge in [-0.1, -0.05) is 13.0 Å². The first kappa shape index (κ1) is 21.7. The van der Waals surface area contributed by atoms with Gasteiger partial charge in [0.2, 0.25) is 5.95 Å². The molecule has 1 aliphatic rings. The highest BCUT2D eigenvalue weighted by Crippen LogP contribution is 2.37. The van der Waals surface area contributed by atoms with E-state index in [9.17, 15) is 9.18 Å². The van der Waals surface area contributed by atoms with Crippen LogP contribution in [0.25, 0.3) is 0 Å². The molecule has 6 nitrogen and oxygen atoms in total. The average molecular weight is 435 g/mol. The van der Waals surface area contributed by atoms with Crippen molar-refractivity contribution in [3.05, 3.63) is 70.7 Å². The standard InChI is InChI=1S/C25H27FN4O2/c1-5-23(31)32-21-11-6-18-12-13-30(17(4)22(18)14-21)24-15(2)16(3)27-25(29-24)28-20-9-7-19(26)8-10-20/h6-11,14,17H,5,12-13H2,1-4H3,(H,27,28,29). The molecule has 1 unspecified atom stereocenters. The number of nitrogens with one attached hydrogen (secondary N) is 1. The van der Waals surface area contributed by atoms with Crippen molar-refractivity contribution in [3.63, 3.8) is 0 Å². The zero-order chi connectivity index (χ0) is 22.8. The number of rotatable bonds is 5. The normalized spacial score (nSPS) is 15.3. The average Bonchev–Trinajstić information content (AvgIpc) is 2.78. The zero-order valence-corrected chi connectivity index (χ0v) is 18.8. The Hall–Kier alpha value is -3.48. The van der Waals surface area contributed by atoms with E-state index in [2.05, 4.69) is 22.1 Å². The Balaban J connectivity index is 1.65. The minimum Gasteiger partial charge on any atom is -0.427 e. The molecular weight excluding hydrogens is 407 g/mol. The van der Waals surface area contributed by atoms with Gasteiger partial charge in [-0.2, -0.15) is 4.98 Å². The Morgan fingerprint density at radius 1 is 1.19 bits per heavy atom. The first-order valence-electron chi connectivity index (χ1n) is 10.8. The number of benzene rings is 2. The van der Waals surface area contributed by atoms with E-state index in [1.807, 2.05) is 32.0 Å². The second kappa shape index (κ2) is 8.94. The smallest absolute Gasteiger partial charge is 0.310 e. The van der Waals surface area contributed by atoms with E-state index in [1.54, 1.807) is 19.1 Å². The molecule has 0 aliphatic carbocycles. The summed E-state index contributed by atoms with van der Waals surface area (Å²) in [6, 6.07) is 12.0. The first-order chi connectivity index (χ1) is 15.4. The second-order valence-electron chi connectivity index (χ2n) is 8.02. The molecule has 2 aromatic carbocycles. The minimum atomic E-state index is -0.290. The number of hydrogen-bond donors (Lipinski definition) is 1. The number of hydrogen-bond acceptors (Lipinski definition) is 6. The molecule has 1 atom stereocenters. The predicted molar refractivity (Wildman–Crippen MR) is 123 cm³/mol. The molecule has 1 aromatic heterocycles. The number of aryl methyl sites for hydroxylation is 1. The maximum atomic E-state index is 13.2. The topological polar surface area (TPSA) is 67.3 Å². The van der Waals surface area contributed by atoms with Gasteiger partial charge in [-0.25, -0.2) is 9.37 Å². The number of anilines is 3. The lowest BCUT2D eigenvalue weighted by Gasteiger charge is -2.37. The fourth-order valence-corrected chi connectivity index (χ4v) is 3.96. The van der Waals surface area contributed by atoms with E-state index in [0.717, 1.165) is 41.3 Å². The summed E-state index contributed by atoms with van der Waals surface area (Å²) in [5.74, 6) is 1.36. The summed E-state index contributed by atoms with van der Waals surface area (Å²) in [6.45, 7) is 8.71. The van der Waals surface area contributed by atoms with Gasteiger partial charge in [0.05, 0.1) is 6.04 Å². The molecule has 0 bridgehead atoms. The van der Waals surface area contributed by atoms with E-state index in [4.69, 9.17) is 9.72 Å². The van der Waals surface area contributed by atoms with Gasteiger partial charge in [0.25, 0.3) is 0 Å². The zero-order valence-electron chi connectivity index (χ0n) is 18.8. The Morgan fingerprint density at radius 2 is 1.94 bits per heavy atom. The van der Waals surface area contributed by atoms with E-state index in [1.165, 1.54) is 17.7 Å². The van der Waals surface area contributed by atoms with Gasteiger partial charge in [-0.15, -0.1) is 0 Å². The summed E-state index contributed by atoms with van der Waals surface area (Å²) in [6.07, 6.45) is 1.20. The molecule has 1 N–H and O–H groups in total. The Labute approximate surface area is 187 Å².